The molecule has 0 N–H and O–H groups in total. The second kappa shape index (κ2) is 7.97. The number of nitrogens with zero attached hydrogens (tertiary/aromatic N) is 1. The Morgan fingerprint density at radius 1 is 1.27 bits per heavy atom. The molecule has 0 fully saturated rings. The first-order valence-electron chi connectivity index (χ1n) is 6.98. The van der Waals surface area contributed by atoms with E-state index in [9.17, 15) is 9.59 Å². The molecule has 0 heterocycles. The monoisotopic (exact) mass is 389 g/mol. The number of halogens is 2. The van der Waals surface area contributed by atoms with Gasteiger partial charge in [0, 0.05) is 24.5 Å². The molecule has 4 nitrogen and oxygen atoms in total. The van der Waals surface area contributed by atoms with Crippen molar-refractivity contribution in [3.63, 3.8) is 0 Å². The molecule has 0 saturated heterocycles. The maximum atomic E-state index is 12.0. The quantitative estimate of drug-likeness (QED) is 0.708. The van der Waals surface area contributed by atoms with E-state index in [-0.39, 0.29) is 24.7 Å². The van der Waals surface area contributed by atoms with Gasteiger partial charge < -0.3 is 9.64 Å². The van der Waals surface area contributed by atoms with Gasteiger partial charge in [0.05, 0.1) is 11.4 Å². The van der Waals surface area contributed by atoms with E-state index >= 15 is 0 Å². The lowest BCUT2D eigenvalue weighted by Gasteiger charge is -2.20. The number of esters is 1. The number of carbonyl (C=O) groups excluding carboxylic acids is 2. The van der Waals surface area contributed by atoms with E-state index in [0.717, 1.165) is 10.0 Å². The van der Waals surface area contributed by atoms with Gasteiger partial charge >= 0.3 is 5.97 Å². The Balaban J connectivity index is 2.48. The maximum absolute atomic E-state index is 12.0. The molecule has 1 aromatic carbocycles. The summed E-state index contributed by atoms with van der Waals surface area (Å²) in [6.07, 6.45) is 0.219. The molecular weight excluding hydrogens is 370 g/mol. The molecule has 1 amide bonds. The van der Waals surface area contributed by atoms with Crippen LogP contribution in [0.1, 0.15) is 39.2 Å². The fourth-order valence-electron chi connectivity index (χ4n) is 1.79. The van der Waals surface area contributed by atoms with E-state index in [1.54, 1.807) is 32.7 Å². The average Bonchev–Trinajstić information content (AvgIpc) is 2.38. The predicted molar refractivity (Wildman–Crippen MR) is 90.7 cm³/mol. The number of carbonyl (C=O) groups is 2. The summed E-state index contributed by atoms with van der Waals surface area (Å²) in [4.78, 5) is 25.2. The SMILES string of the molecule is CN(Cc1ccc(Br)c(Cl)c1)C(=O)CCC(=O)OC(C)(C)C. The highest BCUT2D eigenvalue weighted by Gasteiger charge is 2.18. The zero-order valence-corrected chi connectivity index (χ0v) is 15.6. The number of rotatable bonds is 5. The fraction of sp³-hybridized carbons (Fsp3) is 0.500. The third-order valence-corrected chi connectivity index (χ3v) is 4.03. The number of amides is 1. The Hall–Kier alpha value is -1.07. The first kappa shape index (κ1) is 19.0. The minimum absolute atomic E-state index is 0.0849. The van der Waals surface area contributed by atoms with Gasteiger partial charge in [-0.05, 0) is 54.4 Å². The largest absolute Gasteiger partial charge is 0.460 e. The Kier molecular flexibility index (Phi) is 6.88. The van der Waals surface area contributed by atoms with Gasteiger partial charge in [-0.2, -0.15) is 0 Å². The van der Waals surface area contributed by atoms with E-state index in [4.69, 9.17) is 16.3 Å². The first-order valence-corrected chi connectivity index (χ1v) is 8.15. The molecule has 1 rings (SSSR count). The predicted octanol–water partition coefficient (Wildman–Crippen LogP) is 4.18. The van der Waals surface area contributed by atoms with E-state index in [1.807, 2.05) is 18.2 Å². The lowest BCUT2D eigenvalue weighted by molar-refractivity contribution is -0.156. The van der Waals surface area contributed by atoms with Crippen molar-refractivity contribution < 1.29 is 14.3 Å². The lowest BCUT2D eigenvalue weighted by atomic mass is 10.2. The van der Waals surface area contributed by atoms with Crippen molar-refractivity contribution in [1.29, 1.82) is 0 Å². The third kappa shape index (κ3) is 6.79. The maximum Gasteiger partial charge on any atom is 0.306 e. The molecule has 0 atom stereocenters. The Morgan fingerprint density at radius 3 is 2.45 bits per heavy atom. The van der Waals surface area contributed by atoms with Crippen molar-refractivity contribution in [2.45, 2.75) is 45.8 Å². The van der Waals surface area contributed by atoms with Gasteiger partial charge in [0.15, 0.2) is 0 Å². The van der Waals surface area contributed by atoms with Gasteiger partial charge in [0.2, 0.25) is 5.91 Å². The topological polar surface area (TPSA) is 46.6 Å². The van der Waals surface area contributed by atoms with Crippen molar-refractivity contribution >= 4 is 39.4 Å². The second-order valence-corrected chi connectivity index (χ2v) is 7.35. The molecule has 122 valence electrons. The van der Waals surface area contributed by atoms with Gasteiger partial charge in [-0.3, -0.25) is 9.59 Å². The van der Waals surface area contributed by atoms with Gasteiger partial charge in [-0.25, -0.2) is 0 Å². The van der Waals surface area contributed by atoms with Crippen LogP contribution >= 0.6 is 27.5 Å². The van der Waals surface area contributed by atoms with Crippen LogP contribution in [0.5, 0.6) is 0 Å². The van der Waals surface area contributed by atoms with Crippen molar-refractivity contribution in [3.8, 4) is 0 Å². The molecule has 0 aliphatic rings. The van der Waals surface area contributed by atoms with Crippen molar-refractivity contribution in [1.82, 2.24) is 4.90 Å². The van der Waals surface area contributed by atoms with Crippen LogP contribution in [0.4, 0.5) is 0 Å². The Morgan fingerprint density at radius 2 is 1.91 bits per heavy atom. The summed E-state index contributed by atoms with van der Waals surface area (Å²) in [5, 5.41) is 0.604. The van der Waals surface area contributed by atoms with Gasteiger partial charge in [-0.15, -0.1) is 0 Å². The summed E-state index contributed by atoms with van der Waals surface area (Å²) in [5.74, 6) is -0.467. The van der Waals surface area contributed by atoms with E-state index in [1.165, 1.54) is 0 Å². The van der Waals surface area contributed by atoms with Gasteiger partial charge in [-0.1, -0.05) is 17.7 Å². The van der Waals surface area contributed by atoms with Gasteiger partial charge in [0.25, 0.3) is 0 Å². The highest BCUT2D eigenvalue weighted by atomic mass is 79.9. The Bertz CT molecular complexity index is 555. The van der Waals surface area contributed by atoms with Crippen molar-refractivity contribution in [2.75, 3.05) is 7.05 Å². The second-order valence-electron chi connectivity index (χ2n) is 6.08. The van der Waals surface area contributed by atoms with Gasteiger partial charge in [0.1, 0.15) is 5.60 Å². The molecule has 0 aliphatic carbocycles. The standard InChI is InChI=1S/C16H21BrClNO3/c1-16(2,3)22-15(21)8-7-14(20)19(4)10-11-5-6-12(17)13(18)9-11/h5-6,9H,7-8,10H2,1-4H3. The summed E-state index contributed by atoms with van der Waals surface area (Å²) < 4.78 is 6.00. The van der Waals surface area contributed by atoms with Crippen LogP contribution in [0.2, 0.25) is 5.02 Å². The van der Waals surface area contributed by atoms with Crippen LogP contribution in [0.3, 0.4) is 0 Å². The molecule has 0 saturated carbocycles. The number of ether oxygens (including phenoxy) is 1. The van der Waals surface area contributed by atoms with E-state index in [2.05, 4.69) is 15.9 Å². The van der Waals surface area contributed by atoms with Crippen LogP contribution in [0.25, 0.3) is 0 Å². The molecule has 22 heavy (non-hydrogen) atoms. The van der Waals surface area contributed by atoms with Crippen LogP contribution in [0, 0.1) is 0 Å². The molecule has 0 aliphatic heterocycles. The summed E-state index contributed by atoms with van der Waals surface area (Å²) >= 11 is 9.35. The highest BCUT2D eigenvalue weighted by Crippen LogP contribution is 2.23. The number of benzene rings is 1. The van der Waals surface area contributed by atoms with Crippen LogP contribution < -0.4 is 0 Å². The third-order valence-electron chi connectivity index (χ3n) is 2.79. The Labute approximate surface area is 144 Å². The molecule has 6 heteroatoms. The summed E-state index contributed by atoms with van der Waals surface area (Å²) in [7, 11) is 1.70. The fourth-order valence-corrected chi connectivity index (χ4v) is 2.24. The zero-order chi connectivity index (χ0) is 16.9. The molecule has 0 bridgehead atoms. The molecule has 0 radical (unpaired) electrons. The molecular formula is C16H21BrClNO3. The van der Waals surface area contributed by atoms with Crippen molar-refractivity contribution in [2.24, 2.45) is 0 Å². The highest BCUT2D eigenvalue weighted by molar-refractivity contribution is 9.10. The number of hydrogen-bond donors (Lipinski definition) is 0. The van der Waals surface area contributed by atoms with Crippen LogP contribution in [-0.2, 0) is 20.9 Å². The lowest BCUT2D eigenvalue weighted by Crippen LogP contribution is -2.28. The normalized spacial score (nSPS) is 11.2. The molecule has 0 unspecified atom stereocenters. The average molecular weight is 391 g/mol. The number of hydrogen-bond acceptors (Lipinski definition) is 3. The van der Waals surface area contributed by atoms with Crippen LogP contribution in [0.15, 0.2) is 22.7 Å². The minimum Gasteiger partial charge on any atom is -0.460 e. The minimum atomic E-state index is -0.528. The van der Waals surface area contributed by atoms with Crippen molar-refractivity contribution in [3.05, 3.63) is 33.3 Å². The van der Waals surface area contributed by atoms with E-state index in [0.29, 0.717) is 11.6 Å². The molecule has 0 aromatic heterocycles. The van der Waals surface area contributed by atoms with E-state index < -0.39 is 5.60 Å². The smallest absolute Gasteiger partial charge is 0.306 e. The summed E-state index contributed by atoms with van der Waals surface area (Å²) in [6.45, 7) is 5.85. The zero-order valence-electron chi connectivity index (χ0n) is 13.3. The summed E-state index contributed by atoms with van der Waals surface area (Å²) in [5.41, 5.74) is 0.404. The summed E-state index contributed by atoms with van der Waals surface area (Å²) in [6, 6.07) is 5.55. The first-order chi connectivity index (χ1) is 10.1. The molecule has 1 aromatic rings. The molecule has 0 spiro atoms. The van der Waals surface area contributed by atoms with Crippen LogP contribution in [-0.4, -0.2) is 29.4 Å².